The van der Waals surface area contributed by atoms with E-state index < -0.39 is 5.97 Å². The summed E-state index contributed by atoms with van der Waals surface area (Å²) >= 11 is 0. The van der Waals surface area contributed by atoms with Gasteiger partial charge in [-0.1, -0.05) is 12.1 Å². The van der Waals surface area contributed by atoms with Gasteiger partial charge in [0.05, 0.1) is 12.7 Å². The topological polar surface area (TPSA) is 64.6 Å². The second kappa shape index (κ2) is 7.17. The first kappa shape index (κ1) is 16.1. The zero-order valence-corrected chi connectivity index (χ0v) is 13.5. The molecule has 124 valence electrons. The minimum Gasteiger partial charge on any atom is -0.497 e. The molecule has 2 aromatic carbocycles. The Morgan fingerprint density at radius 1 is 1.12 bits per heavy atom. The van der Waals surface area contributed by atoms with E-state index in [-0.39, 0.29) is 18.4 Å². The van der Waals surface area contributed by atoms with Gasteiger partial charge in [-0.2, -0.15) is 0 Å². The first-order chi connectivity index (χ1) is 11.7. The fourth-order valence-electron chi connectivity index (χ4n) is 2.27. The van der Waals surface area contributed by atoms with Crippen molar-refractivity contribution in [2.75, 3.05) is 12.4 Å². The molecule has 1 fully saturated rings. The van der Waals surface area contributed by atoms with E-state index in [4.69, 9.17) is 9.47 Å². The van der Waals surface area contributed by atoms with Crippen LogP contribution in [0.3, 0.4) is 0 Å². The minimum absolute atomic E-state index is 0.0448. The Morgan fingerprint density at radius 2 is 1.88 bits per heavy atom. The van der Waals surface area contributed by atoms with Crippen molar-refractivity contribution in [2.24, 2.45) is 5.92 Å². The van der Waals surface area contributed by atoms with Crippen molar-refractivity contribution < 1.29 is 19.1 Å². The molecule has 5 heteroatoms. The maximum absolute atomic E-state index is 12.1. The van der Waals surface area contributed by atoms with Crippen LogP contribution in [0, 0.1) is 5.92 Å². The Labute approximate surface area is 140 Å². The Morgan fingerprint density at radius 3 is 2.54 bits per heavy atom. The van der Waals surface area contributed by atoms with E-state index >= 15 is 0 Å². The third-order valence-corrected chi connectivity index (χ3v) is 3.84. The van der Waals surface area contributed by atoms with Crippen LogP contribution in [0.25, 0.3) is 0 Å². The summed E-state index contributed by atoms with van der Waals surface area (Å²) in [7, 11) is 1.59. The van der Waals surface area contributed by atoms with Gasteiger partial charge < -0.3 is 14.8 Å². The van der Waals surface area contributed by atoms with Crippen LogP contribution in [0.4, 0.5) is 5.69 Å². The fourth-order valence-corrected chi connectivity index (χ4v) is 2.27. The van der Waals surface area contributed by atoms with Crippen LogP contribution in [0.1, 0.15) is 28.8 Å². The molecule has 2 aromatic rings. The molecule has 0 aromatic heterocycles. The molecular formula is C19H19NO4. The van der Waals surface area contributed by atoms with Gasteiger partial charge in [0.2, 0.25) is 5.91 Å². The highest BCUT2D eigenvalue weighted by Crippen LogP contribution is 2.30. The molecule has 0 spiro atoms. The van der Waals surface area contributed by atoms with Gasteiger partial charge in [0.25, 0.3) is 0 Å². The number of esters is 1. The van der Waals surface area contributed by atoms with E-state index in [1.54, 1.807) is 31.4 Å². The maximum atomic E-state index is 12.1. The Bertz CT molecular complexity index is 735. The normalized spacial score (nSPS) is 13.2. The molecule has 0 unspecified atom stereocenters. The summed E-state index contributed by atoms with van der Waals surface area (Å²) in [5.74, 6) is 0.512. The molecule has 1 N–H and O–H groups in total. The average molecular weight is 325 g/mol. The number of hydrogen-bond acceptors (Lipinski definition) is 4. The Kier molecular flexibility index (Phi) is 4.79. The Balaban J connectivity index is 1.55. The number of amides is 1. The molecule has 0 bridgehead atoms. The quantitative estimate of drug-likeness (QED) is 0.827. The molecular weight excluding hydrogens is 306 g/mol. The highest BCUT2D eigenvalue weighted by Gasteiger charge is 2.29. The summed E-state index contributed by atoms with van der Waals surface area (Å²) in [6.07, 6.45) is 1.92. The second-order valence-corrected chi connectivity index (χ2v) is 5.77. The number of methoxy groups -OCH3 is 1. The van der Waals surface area contributed by atoms with E-state index in [0.717, 1.165) is 24.2 Å². The lowest BCUT2D eigenvalue weighted by atomic mass is 10.2. The molecule has 1 aliphatic carbocycles. The molecule has 0 heterocycles. The number of benzene rings is 2. The molecule has 0 aliphatic heterocycles. The molecule has 1 saturated carbocycles. The largest absolute Gasteiger partial charge is 0.497 e. The third-order valence-electron chi connectivity index (χ3n) is 3.84. The number of hydrogen-bond donors (Lipinski definition) is 1. The van der Waals surface area contributed by atoms with Crippen molar-refractivity contribution in [2.45, 2.75) is 19.4 Å². The average Bonchev–Trinajstić information content (AvgIpc) is 3.45. The number of anilines is 1. The molecule has 0 atom stereocenters. The summed E-state index contributed by atoms with van der Waals surface area (Å²) in [5, 5.41) is 2.84. The molecule has 0 radical (unpaired) electrons. The maximum Gasteiger partial charge on any atom is 0.338 e. The third kappa shape index (κ3) is 4.13. The van der Waals surface area contributed by atoms with Gasteiger partial charge in [-0.3, -0.25) is 4.79 Å². The number of rotatable bonds is 6. The highest BCUT2D eigenvalue weighted by molar-refractivity contribution is 5.95. The van der Waals surface area contributed by atoms with Gasteiger partial charge in [-0.05, 0) is 54.8 Å². The van der Waals surface area contributed by atoms with Crippen molar-refractivity contribution in [3.63, 3.8) is 0 Å². The fraction of sp³-hybridized carbons (Fsp3) is 0.263. The van der Waals surface area contributed by atoms with E-state index in [9.17, 15) is 9.59 Å². The van der Waals surface area contributed by atoms with Gasteiger partial charge in [0, 0.05) is 11.6 Å². The van der Waals surface area contributed by atoms with Gasteiger partial charge in [0.15, 0.2) is 0 Å². The van der Waals surface area contributed by atoms with E-state index in [2.05, 4.69) is 5.32 Å². The van der Waals surface area contributed by atoms with Crippen LogP contribution in [0.2, 0.25) is 0 Å². The first-order valence-electron chi connectivity index (χ1n) is 7.86. The summed E-state index contributed by atoms with van der Waals surface area (Å²) in [4.78, 5) is 23.8. The molecule has 24 heavy (non-hydrogen) atoms. The van der Waals surface area contributed by atoms with E-state index in [1.807, 2.05) is 24.3 Å². The molecule has 1 amide bonds. The number of carbonyl (C=O) groups excluding carboxylic acids is 2. The molecule has 0 saturated heterocycles. The van der Waals surface area contributed by atoms with Crippen LogP contribution in [-0.2, 0) is 16.1 Å². The lowest BCUT2D eigenvalue weighted by Gasteiger charge is -2.08. The van der Waals surface area contributed by atoms with Gasteiger partial charge in [-0.15, -0.1) is 0 Å². The van der Waals surface area contributed by atoms with Crippen LogP contribution >= 0.6 is 0 Å². The van der Waals surface area contributed by atoms with Crippen molar-refractivity contribution in [1.82, 2.24) is 0 Å². The summed E-state index contributed by atoms with van der Waals surface area (Å²) in [5.41, 5.74) is 1.99. The van der Waals surface area contributed by atoms with Crippen LogP contribution < -0.4 is 10.1 Å². The van der Waals surface area contributed by atoms with Crippen LogP contribution in [-0.4, -0.2) is 19.0 Å². The standard InChI is InChI=1S/C19H19NO4/c1-23-17-4-2-3-13(11-17)12-24-19(22)15-7-9-16(10-8-15)20-18(21)14-5-6-14/h2-4,7-11,14H,5-6,12H2,1H3,(H,20,21). The summed E-state index contributed by atoms with van der Waals surface area (Å²) in [6.45, 7) is 0.177. The Hall–Kier alpha value is -2.82. The lowest BCUT2D eigenvalue weighted by molar-refractivity contribution is -0.117. The second-order valence-electron chi connectivity index (χ2n) is 5.77. The van der Waals surface area contributed by atoms with E-state index in [0.29, 0.717) is 11.3 Å². The predicted molar refractivity (Wildman–Crippen MR) is 89.9 cm³/mol. The van der Waals surface area contributed by atoms with Gasteiger partial charge >= 0.3 is 5.97 Å². The van der Waals surface area contributed by atoms with Crippen molar-refractivity contribution in [3.05, 3.63) is 59.7 Å². The smallest absolute Gasteiger partial charge is 0.338 e. The van der Waals surface area contributed by atoms with Crippen molar-refractivity contribution >= 4 is 17.6 Å². The predicted octanol–water partition coefficient (Wildman–Crippen LogP) is 3.40. The molecule has 1 aliphatic rings. The zero-order chi connectivity index (χ0) is 16.9. The van der Waals surface area contributed by atoms with Crippen molar-refractivity contribution in [3.8, 4) is 5.75 Å². The first-order valence-corrected chi connectivity index (χ1v) is 7.86. The number of ether oxygens (including phenoxy) is 2. The SMILES string of the molecule is COc1cccc(COC(=O)c2ccc(NC(=O)C3CC3)cc2)c1. The van der Waals surface area contributed by atoms with Crippen molar-refractivity contribution in [1.29, 1.82) is 0 Å². The number of carbonyl (C=O) groups is 2. The van der Waals surface area contributed by atoms with Crippen LogP contribution in [0.15, 0.2) is 48.5 Å². The molecule has 5 nitrogen and oxygen atoms in total. The molecule has 3 rings (SSSR count). The zero-order valence-electron chi connectivity index (χ0n) is 13.5. The minimum atomic E-state index is -0.405. The van der Waals surface area contributed by atoms with Crippen LogP contribution in [0.5, 0.6) is 5.75 Å². The monoisotopic (exact) mass is 325 g/mol. The van der Waals surface area contributed by atoms with E-state index in [1.165, 1.54) is 0 Å². The highest BCUT2D eigenvalue weighted by atomic mass is 16.5. The lowest BCUT2D eigenvalue weighted by Crippen LogP contribution is -2.13. The summed E-state index contributed by atoms with van der Waals surface area (Å²) in [6, 6.07) is 14.1. The number of nitrogens with one attached hydrogen (secondary N) is 1. The summed E-state index contributed by atoms with van der Waals surface area (Å²) < 4.78 is 10.4. The van der Waals surface area contributed by atoms with Gasteiger partial charge in [0.1, 0.15) is 12.4 Å². The van der Waals surface area contributed by atoms with Gasteiger partial charge in [-0.25, -0.2) is 4.79 Å².